The molecule has 5 aromatic rings. The summed E-state index contributed by atoms with van der Waals surface area (Å²) in [6.45, 7) is 1.38. The van der Waals surface area contributed by atoms with Gasteiger partial charge in [-0.25, -0.2) is 4.79 Å². The van der Waals surface area contributed by atoms with E-state index in [0.717, 1.165) is 35.3 Å². The van der Waals surface area contributed by atoms with E-state index in [4.69, 9.17) is 0 Å². The molecule has 1 unspecified atom stereocenters. The van der Waals surface area contributed by atoms with Crippen LogP contribution in [0.5, 0.6) is 11.5 Å². The van der Waals surface area contributed by atoms with Gasteiger partial charge in [-0.05, 0) is 79.0 Å². The Bertz CT molecular complexity index is 3510. The molecule has 0 bridgehead atoms. The van der Waals surface area contributed by atoms with Gasteiger partial charge in [-0.1, -0.05) is 0 Å². The largest absolute Gasteiger partial charge is 0.505 e. The summed E-state index contributed by atoms with van der Waals surface area (Å²) in [6, 6.07) is 8.53. The van der Waals surface area contributed by atoms with Crippen LogP contribution in [0.25, 0.3) is 10.8 Å². The minimum Gasteiger partial charge on any atom is -0.505 e. The topological polar surface area (TPSA) is 445 Å². The fourth-order valence-electron chi connectivity index (χ4n) is 5.79. The number of nitro groups is 1. The second-order valence-electron chi connectivity index (χ2n) is 13.0. The summed E-state index contributed by atoms with van der Waals surface area (Å²) in [6.07, 6.45) is 0. The van der Waals surface area contributed by atoms with Gasteiger partial charge < -0.3 is 15.3 Å². The molecule has 0 aromatic heterocycles. The van der Waals surface area contributed by atoms with Gasteiger partial charge in [-0.2, -0.15) is 59.1 Å². The molecular weight excluding hydrogens is 955 g/mol. The summed E-state index contributed by atoms with van der Waals surface area (Å²) in [7, 11) is -20.8. The number of carboxylic acids is 1. The number of rotatable bonds is 13. The lowest BCUT2D eigenvalue weighted by atomic mass is 10.1. The number of phenols is 2. The van der Waals surface area contributed by atoms with Crippen molar-refractivity contribution in [1.82, 2.24) is 0 Å². The van der Waals surface area contributed by atoms with E-state index in [1.165, 1.54) is 19.1 Å². The summed E-state index contributed by atoms with van der Waals surface area (Å²) < 4.78 is 137. The fourth-order valence-corrected chi connectivity index (χ4v) is 8.23. The summed E-state index contributed by atoms with van der Waals surface area (Å²) >= 11 is 0. The monoisotopic (exact) mass is 977 g/mol. The SMILES string of the molecule is CC1=NN(c2ccc(S(=O)(=O)O)cc2)C(=O)C1N=Nc1ccc(N=Nc2c(S(=O)(=O)O)cc3cc(S(=O)(=O)O)c(N=Nc4ccc([N+](=O)[O-])c(C(=O)O)c4)c(O)c3c2O)c(S(=O)(=O)O)c1. The van der Waals surface area contributed by atoms with E-state index in [1.807, 2.05) is 0 Å². The van der Waals surface area contributed by atoms with Gasteiger partial charge in [0.15, 0.2) is 17.5 Å². The quantitative estimate of drug-likeness (QED) is 0.0329. The average molecular weight is 978 g/mol. The van der Waals surface area contributed by atoms with Crippen molar-refractivity contribution in [2.45, 2.75) is 32.5 Å². The zero-order valence-corrected chi connectivity index (χ0v) is 35.0. The van der Waals surface area contributed by atoms with Crippen molar-refractivity contribution >= 4 is 109 Å². The lowest BCUT2D eigenvalue weighted by Gasteiger charge is -2.13. The predicted octanol–water partition coefficient (Wildman–Crippen LogP) is 5.55. The molecule has 28 nitrogen and oxygen atoms in total. The van der Waals surface area contributed by atoms with Gasteiger partial charge in [0.05, 0.1) is 38.0 Å². The molecule has 6 rings (SSSR count). The Labute approximate surface area is 362 Å². The van der Waals surface area contributed by atoms with Crippen LogP contribution in [0.1, 0.15) is 17.3 Å². The lowest BCUT2D eigenvalue weighted by molar-refractivity contribution is -0.385. The Kier molecular flexibility index (Phi) is 12.2. The molecule has 1 heterocycles. The molecule has 1 atom stereocenters. The summed E-state index contributed by atoms with van der Waals surface area (Å²) in [5.41, 5.74) is -5.71. The van der Waals surface area contributed by atoms with Crippen LogP contribution in [0.4, 0.5) is 39.8 Å². The predicted molar refractivity (Wildman–Crippen MR) is 217 cm³/mol. The normalized spacial score (nSPS) is 15.2. The zero-order chi connectivity index (χ0) is 48.1. The molecule has 1 aliphatic heterocycles. The molecule has 0 saturated heterocycles. The molecule has 0 aliphatic carbocycles. The van der Waals surface area contributed by atoms with Crippen molar-refractivity contribution in [3.05, 3.63) is 88.5 Å². The third-order valence-corrected chi connectivity index (χ3v) is 12.2. The maximum Gasteiger partial charge on any atom is 0.342 e. The number of phenolic OH excluding ortho intramolecular Hbond substituents is 2. The van der Waals surface area contributed by atoms with Gasteiger partial charge >= 0.3 is 5.97 Å². The van der Waals surface area contributed by atoms with Crippen LogP contribution in [-0.2, 0) is 45.3 Å². The van der Waals surface area contributed by atoms with Crippen molar-refractivity contribution in [2.24, 2.45) is 35.8 Å². The molecule has 5 aromatic carbocycles. The van der Waals surface area contributed by atoms with Crippen LogP contribution in [0.3, 0.4) is 0 Å². The minimum atomic E-state index is -5.50. The Balaban J connectivity index is 1.41. The van der Waals surface area contributed by atoms with Gasteiger partial charge in [0.25, 0.3) is 52.1 Å². The number of hydrazone groups is 1. The van der Waals surface area contributed by atoms with Gasteiger partial charge in [-0.3, -0.25) is 33.1 Å². The van der Waals surface area contributed by atoms with Crippen molar-refractivity contribution < 1.29 is 81.7 Å². The van der Waals surface area contributed by atoms with Crippen LogP contribution in [0, 0.1) is 10.1 Å². The highest BCUT2D eigenvalue weighted by atomic mass is 32.2. The second kappa shape index (κ2) is 16.8. The Morgan fingerprint density at radius 2 is 1.22 bits per heavy atom. The number of aromatic carboxylic acids is 1. The molecule has 7 N–H and O–H groups in total. The summed E-state index contributed by atoms with van der Waals surface area (Å²) in [4.78, 5) is 30.7. The van der Waals surface area contributed by atoms with E-state index in [1.54, 1.807) is 0 Å². The number of carboxylic acid groups (broad SMARTS) is 1. The molecular formula is C33H23N9O19S4. The number of benzene rings is 5. The molecule has 0 saturated carbocycles. The smallest absolute Gasteiger partial charge is 0.342 e. The first-order valence-corrected chi connectivity index (χ1v) is 22.7. The first-order chi connectivity index (χ1) is 30.1. The van der Waals surface area contributed by atoms with Crippen molar-refractivity contribution in [1.29, 1.82) is 0 Å². The Morgan fingerprint density at radius 3 is 1.72 bits per heavy atom. The molecule has 0 spiro atoms. The van der Waals surface area contributed by atoms with E-state index >= 15 is 0 Å². The maximum atomic E-state index is 13.1. The first kappa shape index (κ1) is 46.9. The lowest BCUT2D eigenvalue weighted by Crippen LogP contribution is -2.29. The minimum absolute atomic E-state index is 0.0668. The van der Waals surface area contributed by atoms with E-state index in [9.17, 15) is 86.9 Å². The summed E-state index contributed by atoms with van der Waals surface area (Å²) in [5.74, 6) is -5.39. The zero-order valence-electron chi connectivity index (χ0n) is 31.7. The van der Waals surface area contributed by atoms with E-state index < -0.39 is 139 Å². The van der Waals surface area contributed by atoms with Crippen LogP contribution in [0.2, 0.25) is 0 Å². The van der Waals surface area contributed by atoms with E-state index in [2.05, 4.69) is 35.8 Å². The molecule has 1 amide bonds. The molecule has 0 radical (unpaired) electrons. The van der Waals surface area contributed by atoms with E-state index in [0.29, 0.717) is 30.3 Å². The van der Waals surface area contributed by atoms with Crippen molar-refractivity contribution in [3.63, 3.8) is 0 Å². The first-order valence-electron chi connectivity index (χ1n) is 16.9. The number of nitrogens with zero attached hydrogens (tertiary/aromatic N) is 9. The molecule has 0 fully saturated rings. The van der Waals surface area contributed by atoms with Crippen LogP contribution in [-0.4, -0.2) is 95.8 Å². The average Bonchev–Trinajstić information content (AvgIpc) is 3.49. The molecule has 338 valence electrons. The van der Waals surface area contributed by atoms with Gasteiger partial charge in [0.2, 0.25) is 0 Å². The fraction of sp³-hybridized carbons (Fsp3) is 0.0606. The molecule has 32 heteroatoms. The van der Waals surface area contributed by atoms with Gasteiger partial charge in [0, 0.05) is 6.07 Å². The van der Waals surface area contributed by atoms with Crippen LogP contribution >= 0.6 is 0 Å². The van der Waals surface area contributed by atoms with Crippen LogP contribution in [0.15, 0.2) is 128 Å². The highest BCUT2D eigenvalue weighted by Gasteiger charge is 2.35. The van der Waals surface area contributed by atoms with Crippen molar-refractivity contribution in [3.8, 4) is 11.5 Å². The third kappa shape index (κ3) is 9.67. The summed E-state index contributed by atoms with van der Waals surface area (Å²) in [5, 5.41) is 68.2. The number of aromatic hydroxyl groups is 2. The number of anilines is 1. The number of fused-ring (bicyclic) bond motifs is 1. The number of hydrogen-bond acceptors (Lipinski definition) is 21. The Hall–Kier alpha value is -7.59. The maximum absolute atomic E-state index is 13.1. The Morgan fingerprint density at radius 1 is 0.692 bits per heavy atom. The second-order valence-corrected chi connectivity index (χ2v) is 18.6. The van der Waals surface area contributed by atoms with E-state index in [-0.39, 0.29) is 17.1 Å². The number of carbonyl (C=O) groups is 2. The van der Waals surface area contributed by atoms with Crippen molar-refractivity contribution in [2.75, 3.05) is 5.01 Å². The number of azo groups is 3. The highest BCUT2D eigenvalue weighted by Crippen LogP contribution is 2.50. The van der Waals surface area contributed by atoms with Gasteiger partial charge in [-0.15, -0.1) is 15.3 Å². The number of amides is 1. The molecule has 65 heavy (non-hydrogen) atoms. The standard InChI is InChI=1S/C33H23N9O19S4/c1-14-27(32(45)41(40-14)18-4-6-19(7-5-18)62(50,51)52)37-35-17-2-8-21(23(13-17)63(53,54)55)36-39-29-25(65(59,60)61)11-15-10-24(64(56,57)58)28(30(43)26(15)31(29)44)38-34-16-3-9-22(42(48)49)20(12-16)33(46)47/h2-13,27,43-44H,1H3,(H,46,47)(H,50,51,52)(H,53,54,55)(H,56,57,58)(H,59,60,61). The van der Waals surface area contributed by atoms with Gasteiger partial charge in [0.1, 0.15) is 37.3 Å². The highest BCUT2D eigenvalue weighted by molar-refractivity contribution is 7.86. The third-order valence-electron chi connectivity index (χ3n) is 8.72. The number of carbonyl (C=O) groups excluding carboxylic acids is 1. The molecule has 1 aliphatic rings. The number of nitro benzene ring substituents is 1. The number of hydrogen-bond donors (Lipinski definition) is 7. The van der Waals surface area contributed by atoms with Crippen LogP contribution < -0.4 is 5.01 Å².